The molecule has 21 heavy (non-hydrogen) atoms. The van der Waals surface area contributed by atoms with E-state index in [0.717, 1.165) is 12.0 Å². The van der Waals surface area contributed by atoms with Crippen molar-refractivity contribution in [2.24, 2.45) is 0 Å². The second-order valence-electron chi connectivity index (χ2n) is 4.84. The van der Waals surface area contributed by atoms with Gasteiger partial charge in [-0.3, -0.25) is 0 Å². The molecule has 0 atom stereocenters. The number of fused-ring (bicyclic) bond motifs is 3. The summed E-state index contributed by atoms with van der Waals surface area (Å²) in [6.07, 6.45) is 6.43. The van der Waals surface area contributed by atoms with Crippen LogP contribution in [0.5, 0.6) is 0 Å². The van der Waals surface area contributed by atoms with E-state index >= 15 is 0 Å². The van der Waals surface area contributed by atoms with Gasteiger partial charge in [-0.05, 0) is 61.1 Å². The van der Waals surface area contributed by atoms with Crippen molar-refractivity contribution < 1.29 is 0 Å². The third-order valence-corrected chi connectivity index (χ3v) is 3.55. The van der Waals surface area contributed by atoms with Crippen molar-refractivity contribution >= 4 is 11.8 Å². The van der Waals surface area contributed by atoms with Gasteiger partial charge in [-0.15, -0.1) is 5.73 Å². The van der Waals surface area contributed by atoms with Gasteiger partial charge in [0.15, 0.2) is 0 Å². The maximum atomic E-state index is 6.62. The van der Waals surface area contributed by atoms with Gasteiger partial charge in [0, 0.05) is 11.8 Å². The predicted molar refractivity (Wildman–Crippen MR) is 93.9 cm³/mol. The second-order valence-corrected chi connectivity index (χ2v) is 4.84. The van der Waals surface area contributed by atoms with Crippen LogP contribution >= 0.6 is 0 Å². The zero-order valence-electron chi connectivity index (χ0n) is 13.7. The molecular formula is C20H25N. The minimum atomic E-state index is 1.01. The third-order valence-electron chi connectivity index (χ3n) is 3.55. The molecule has 0 fully saturated rings. The van der Waals surface area contributed by atoms with E-state index < -0.39 is 0 Å². The summed E-state index contributed by atoms with van der Waals surface area (Å²) in [5.41, 5.74) is 11.4. The van der Waals surface area contributed by atoms with Crippen LogP contribution in [0, 0.1) is 5.41 Å². The molecule has 1 N–H and O–H groups in total. The van der Waals surface area contributed by atoms with Crippen molar-refractivity contribution in [3.63, 3.8) is 0 Å². The van der Waals surface area contributed by atoms with Crippen molar-refractivity contribution in [2.75, 3.05) is 0 Å². The van der Waals surface area contributed by atoms with E-state index in [0.29, 0.717) is 0 Å². The Balaban J connectivity index is 0.000000237. The minimum absolute atomic E-state index is 1.01. The van der Waals surface area contributed by atoms with Gasteiger partial charge < -0.3 is 5.41 Å². The highest BCUT2D eigenvalue weighted by Crippen LogP contribution is 2.40. The molecule has 0 saturated heterocycles. The van der Waals surface area contributed by atoms with E-state index in [9.17, 15) is 0 Å². The largest absolute Gasteiger partial charge is 0.308 e. The molecule has 0 spiro atoms. The number of hydrogen-bond acceptors (Lipinski definition) is 1. The number of hydrogen-bond donors (Lipinski definition) is 1. The molecule has 1 aromatic carbocycles. The first-order chi connectivity index (χ1) is 10.2. The van der Waals surface area contributed by atoms with Gasteiger partial charge in [0.05, 0.1) is 0 Å². The minimum Gasteiger partial charge on any atom is -0.308 e. The van der Waals surface area contributed by atoms with Gasteiger partial charge in [0.25, 0.3) is 0 Å². The summed E-state index contributed by atoms with van der Waals surface area (Å²) in [6.45, 7) is 9.98. The van der Waals surface area contributed by atoms with Crippen LogP contribution in [0.2, 0.25) is 0 Å². The molecular weight excluding hydrogens is 254 g/mol. The maximum Gasteiger partial charge on any atom is 0.0278 e. The van der Waals surface area contributed by atoms with Gasteiger partial charge in [0.1, 0.15) is 0 Å². The standard InChI is InChI=1S/C13H10.C5H9N.C2H6/c1-9-6-7-12-11-5-3-2-4-10(11)8-13(9)12;1-3-5(2)4-6;1-2/h2-6H,8H2,1H3;3-4,6H,1-2H3;1-2H3/b;5-3-,6-4?;. The molecule has 0 heterocycles. The first-order valence-electron chi connectivity index (χ1n) is 7.56. The third kappa shape index (κ3) is 3.93. The fourth-order valence-electron chi connectivity index (χ4n) is 2.21. The highest BCUT2D eigenvalue weighted by atomic mass is 14.3. The molecule has 2 aliphatic rings. The number of rotatable bonds is 1. The first kappa shape index (κ1) is 16.9. The fraction of sp³-hybridized carbons (Fsp3) is 0.300. The average Bonchev–Trinajstić information content (AvgIpc) is 3.09. The SMILES string of the molecule is C/C=C(/C)C=N.CC.CC1=C2Cc3ccccc3C2=C=C1. The summed E-state index contributed by atoms with van der Waals surface area (Å²) in [5.74, 6) is 0. The van der Waals surface area contributed by atoms with E-state index in [4.69, 9.17) is 5.41 Å². The Morgan fingerprint density at radius 1 is 1.24 bits per heavy atom. The smallest absolute Gasteiger partial charge is 0.0278 e. The van der Waals surface area contributed by atoms with Gasteiger partial charge >= 0.3 is 0 Å². The second kappa shape index (κ2) is 8.24. The molecule has 0 aliphatic heterocycles. The van der Waals surface area contributed by atoms with Crippen molar-refractivity contribution in [2.45, 2.75) is 41.0 Å². The van der Waals surface area contributed by atoms with Crippen LogP contribution in [0.4, 0.5) is 0 Å². The Hall–Kier alpha value is -2.11. The van der Waals surface area contributed by atoms with Crippen molar-refractivity contribution in [3.8, 4) is 0 Å². The summed E-state index contributed by atoms with van der Waals surface area (Å²) >= 11 is 0. The molecule has 1 heteroatoms. The molecule has 0 unspecified atom stereocenters. The quantitative estimate of drug-likeness (QED) is 0.500. The van der Waals surface area contributed by atoms with Crippen LogP contribution in [0.1, 0.15) is 45.7 Å². The Kier molecular flexibility index (Phi) is 6.65. The lowest BCUT2D eigenvalue weighted by Gasteiger charge is -1.95. The van der Waals surface area contributed by atoms with E-state index in [-0.39, 0.29) is 0 Å². The van der Waals surface area contributed by atoms with Crippen molar-refractivity contribution in [1.82, 2.24) is 0 Å². The molecule has 0 aromatic heterocycles. The zero-order valence-corrected chi connectivity index (χ0v) is 13.7. The van der Waals surface area contributed by atoms with Crippen LogP contribution in [0.25, 0.3) is 5.57 Å². The number of benzene rings is 1. The Bertz CT molecular complexity index is 636. The van der Waals surface area contributed by atoms with Gasteiger partial charge in [-0.2, -0.15) is 0 Å². The Labute approximate surface area is 128 Å². The number of allylic oxidation sites excluding steroid dienone is 5. The lowest BCUT2D eigenvalue weighted by Crippen LogP contribution is -1.80. The summed E-state index contributed by atoms with van der Waals surface area (Å²) in [5, 5.41) is 6.62. The van der Waals surface area contributed by atoms with Gasteiger partial charge in [-0.1, -0.05) is 44.2 Å². The lowest BCUT2D eigenvalue weighted by molar-refractivity contribution is 1.24. The van der Waals surface area contributed by atoms with Crippen LogP contribution in [0.15, 0.2) is 58.9 Å². The van der Waals surface area contributed by atoms with E-state index in [1.54, 1.807) is 0 Å². The lowest BCUT2D eigenvalue weighted by atomic mass is 10.1. The van der Waals surface area contributed by atoms with Crippen LogP contribution in [0.3, 0.4) is 0 Å². The summed E-state index contributed by atoms with van der Waals surface area (Å²) in [7, 11) is 0. The van der Waals surface area contributed by atoms with Crippen LogP contribution in [-0.4, -0.2) is 6.21 Å². The molecule has 0 saturated carbocycles. The molecule has 3 rings (SSSR count). The highest BCUT2D eigenvalue weighted by Gasteiger charge is 2.23. The molecule has 110 valence electrons. The topological polar surface area (TPSA) is 23.9 Å². The summed E-state index contributed by atoms with van der Waals surface area (Å²) in [4.78, 5) is 0. The molecule has 1 nitrogen and oxygen atoms in total. The monoisotopic (exact) mass is 279 g/mol. The molecule has 0 amide bonds. The Morgan fingerprint density at radius 2 is 1.90 bits per heavy atom. The number of nitrogens with one attached hydrogen (secondary N) is 1. The van der Waals surface area contributed by atoms with Crippen LogP contribution in [-0.2, 0) is 6.42 Å². The highest BCUT2D eigenvalue weighted by molar-refractivity contribution is 5.89. The predicted octanol–water partition coefficient (Wildman–Crippen LogP) is 5.74. The van der Waals surface area contributed by atoms with Gasteiger partial charge in [-0.25, -0.2) is 0 Å². The average molecular weight is 279 g/mol. The molecule has 1 aromatic rings. The van der Waals surface area contributed by atoms with E-state index in [1.165, 1.54) is 34.1 Å². The van der Waals surface area contributed by atoms with Crippen molar-refractivity contribution in [3.05, 3.63) is 70.0 Å². The van der Waals surface area contributed by atoms with Crippen molar-refractivity contribution in [1.29, 1.82) is 5.41 Å². The van der Waals surface area contributed by atoms with E-state index in [1.807, 2.05) is 33.8 Å². The zero-order chi connectivity index (χ0) is 15.8. The summed E-state index contributed by atoms with van der Waals surface area (Å²) in [6, 6.07) is 8.61. The van der Waals surface area contributed by atoms with Gasteiger partial charge in [0.2, 0.25) is 0 Å². The maximum absolute atomic E-state index is 6.62. The fourth-order valence-corrected chi connectivity index (χ4v) is 2.21. The molecule has 0 radical (unpaired) electrons. The normalized spacial score (nSPS) is 14.3. The molecule has 0 bridgehead atoms. The Morgan fingerprint density at radius 3 is 2.48 bits per heavy atom. The van der Waals surface area contributed by atoms with E-state index in [2.05, 4.69) is 43.0 Å². The van der Waals surface area contributed by atoms with Crippen LogP contribution < -0.4 is 0 Å². The summed E-state index contributed by atoms with van der Waals surface area (Å²) < 4.78 is 0. The first-order valence-corrected chi connectivity index (χ1v) is 7.56. The molecule has 2 aliphatic carbocycles.